The maximum absolute atomic E-state index is 10.9. The largest absolute Gasteiger partial charge is 0.432 e. The molecule has 0 spiro atoms. The van der Waals surface area contributed by atoms with Gasteiger partial charge in [0, 0.05) is 6.92 Å². The number of ether oxygens (including phenoxy) is 1. The Morgan fingerprint density at radius 1 is 1.33 bits per heavy atom. The third-order valence-corrected chi connectivity index (χ3v) is 5.28. The molecule has 3 atom stereocenters. The first kappa shape index (κ1) is 13.6. The lowest BCUT2D eigenvalue weighted by molar-refractivity contribution is -0.136. The van der Waals surface area contributed by atoms with Crippen LogP contribution in [0, 0.1) is 22.7 Å². The highest BCUT2D eigenvalue weighted by Crippen LogP contribution is 2.69. The van der Waals surface area contributed by atoms with E-state index in [0.29, 0.717) is 16.7 Å². The zero-order valence-electron chi connectivity index (χ0n) is 12.4. The summed E-state index contributed by atoms with van der Waals surface area (Å²) in [5, 5.41) is 0. The summed E-state index contributed by atoms with van der Waals surface area (Å²) < 4.78 is 5.11. The first-order chi connectivity index (χ1) is 8.25. The van der Waals surface area contributed by atoms with Gasteiger partial charge < -0.3 is 4.74 Å². The van der Waals surface area contributed by atoms with Gasteiger partial charge in [0.05, 0.1) is 0 Å². The van der Waals surface area contributed by atoms with Crippen LogP contribution in [0.15, 0.2) is 11.8 Å². The van der Waals surface area contributed by atoms with Gasteiger partial charge in [-0.3, -0.25) is 4.79 Å². The van der Waals surface area contributed by atoms with Crippen molar-refractivity contribution in [1.82, 2.24) is 0 Å². The van der Waals surface area contributed by atoms with Gasteiger partial charge in [-0.15, -0.1) is 0 Å². The predicted octanol–water partition coefficient (Wildman–Crippen LogP) is 4.31. The molecular formula is C16H26O2. The molecule has 0 amide bonds. The number of allylic oxidation sites excluding steroid dienone is 2. The molecule has 2 rings (SSSR count). The van der Waals surface area contributed by atoms with Crippen LogP contribution in [0.3, 0.4) is 0 Å². The molecule has 0 aromatic heterocycles. The molecule has 0 N–H and O–H groups in total. The molecule has 0 radical (unpaired) electrons. The van der Waals surface area contributed by atoms with Crippen molar-refractivity contribution in [3.8, 4) is 0 Å². The number of fused-ring (bicyclic) bond motifs is 1. The van der Waals surface area contributed by atoms with Crippen LogP contribution in [-0.2, 0) is 9.53 Å². The number of hydrogen-bond acceptors (Lipinski definition) is 2. The molecule has 0 saturated heterocycles. The van der Waals surface area contributed by atoms with E-state index >= 15 is 0 Å². The van der Waals surface area contributed by atoms with E-state index < -0.39 is 0 Å². The number of carbonyl (C=O) groups excluding carboxylic acids is 1. The van der Waals surface area contributed by atoms with Crippen molar-refractivity contribution in [3.05, 3.63) is 11.8 Å². The molecule has 3 unspecified atom stereocenters. The van der Waals surface area contributed by atoms with Gasteiger partial charge in [0.25, 0.3) is 0 Å². The Labute approximate surface area is 111 Å². The van der Waals surface area contributed by atoms with E-state index in [1.807, 2.05) is 6.92 Å². The van der Waals surface area contributed by atoms with Crippen molar-refractivity contribution < 1.29 is 9.53 Å². The number of hydrogen-bond donors (Lipinski definition) is 0. The third-order valence-electron chi connectivity index (χ3n) is 5.28. The Morgan fingerprint density at radius 3 is 2.61 bits per heavy atom. The topological polar surface area (TPSA) is 26.3 Å². The SMILES string of the molecule is CC(=O)OC(C)=CCC1C(C)(C)CCC2CC21C. The molecule has 0 heterocycles. The summed E-state index contributed by atoms with van der Waals surface area (Å²) >= 11 is 0. The van der Waals surface area contributed by atoms with Crippen molar-refractivity contribution in [2.75, 3.05) is 0 Å². The van der Waals surface area contributed by atoms with Crippen LogP contribution in [0.2, 0.25) is 0 Å². The minimum absolute atomic E-state index is 0.220. The highest BCUT2D eigenvalue weighted by molar-refractivity contribution is 5.67. The maximum atomic E-state index is 10.9. The molecule has 2 aliphatic rings. The highest BCUT2D eigenvalue weighted by atomic mass is 16.5. The third kappa shape index (κ3) is 2.48. The lowest BCUT2D eigenvalue weighted by Gasteiger charge is -2.43. The van der Waals surface area contributed by atoms with Gasteiger partial charge in [0.2, 0.25) is 0 Å². The zero-order chi connectivity index (χ0) is 13.6. The molecule has 0 aromatic carbocycles. The summed E-state index contributed by atoms with van der Waals surface area (Å²) in [5.41, 5.74) is 0.948. The molecule has 2 fully saturated rings. The summed E-state index contributed by atoms with van der Waals surface area (Å²) in [6, 6.07) is 0. The molecule has 0 aromatic rings. The van der Waals surface area contributed by atoms with Crippen LogP contribution in [0.5, 0.6) is 0 Å². The average molecular weight is 250 g/mol. The van der Waals surface area contributed by atoms with Gasteiger partial charge in [-0.25, -0.2) is 0 Å². The van der Waals surface area contributed by atoms with Crippen molar-refractivity contribution in [3.63, 3.8) is 0 Å². The number of esters is 1. The Hall–Kier alpha value is -0.790. The van der Waals surface area contributed by atoms with Crippen molar-refractivity contribution in [2.45, 2.75) is 60.3 Å². The normalized spacial score (nSPS) is 37.9. The Morgan fingerprint density at radius 2 is 2.00 bits per heavy atom. The second-order valence-electron chi connectivity index (χ2n) is 7.13. The van der Waals surface area contributed by atoms with Gasteiger partial charge in [-0.1, -0.05) is 20.8 Å². The van der Waals surface area contributed by atoms with Gasteiger partial charge in [-0.2, -0.15) is 0 Å². The summed E-state index contributed by atoms with van der Waals surface area (Å²) in [6.07, 6.45) is 7.27. The standard InChI is InChI=1S/C16H26O2/c1-11(18-12(2)17)6-7-14-15(3,4)9-8-13-10-16(13,14)5/h6,13-14H,7-10H2,1-5H3. The van der Waals surface area contributed by atoms with E-state index in [2.05, 4.69) is 26.8 Å². The maximum Gasteiger partial charge on any atom is 0.307 e. The van der Waals surface area contributed by atoms with Gasteiger partial charge >= 0.3 is 5.97 Å². The number of carbonyl (C=O) groups is 1. The molecular weight excluding hydrogens is 224 g/mol. The van der Waals surface area contributed by atoms with E-state index in [-0.39, 0.29) is 5.97 Å². The molecule has 0 bridgehead atoms. The summed E-state index contributed by atoms with van der Waals surface area (Å²) in [4.78, 5) is 10.9. The van der Waals surface area contributed by atoms with Crippen LogP contribution in [0.4, 0.5) is 0 Å². The fourth-order valence-electron chi connectivity index (χ4n) is 4.08. The molecule has 0 aliphatic heterocycles. The first-order valence-electron chi connectivity index (χ1n) is 7.11. The molecule has 2 aliphatic carbocycles. The number of rotatable bonds is 3. The molecule has 2 heteroatoms. The monoisotopic (exact) mass is 250 g/mol. The minimum atomic E-state index is -0.220. The quantitative estimate of drug-likeness (QED) is 0.551. The van der Waals surface area contributed by atoms with Gasteiger partial charge in [0.15, 0.2) is 0 Å². The van der Waals surface area contributed by atoms with Crippen LogP contribution in [0.1, 0.15) is 60.3 Å². The molecule has 18 heavy (non-hydrogen) atoms. The van der Waals surface area contributed by atoms with Crippen LogP contribution >= 0.6 is 0 Å². The summed E-state index contributed by atoms with van der Waals surface area (Å²) in [5.74, 6) is 2.19. The Bertz CT molecular complexity index is 376. The fourth-order valence-corrected chi connectivity index (χ4v) is 4.08. The summed E-state index contributed by atoms with van der Waals surface area (Å²) in [6.45, 7) is 10.6. The van der Waals surface area contributed by atoms with Crippen LogP contribution in [-0.4, -0.2) is 5.97 Å². The van der Waals surface area contributed by atoms with Crippen LogP contribution < -0.4 is 0 Å². The second kappa shape index (κ2) is 4.40. The van der Waals surface area contributed by atoms with E-state index in [1.54, 1.807) is 0 Å². The van der Waals surface area contributed by atoms with Crippen molar-refractivity contribution >= 4 is 5.97 Å². The Balaban J connectivity index is 2.04. The molecule has 2 nitrogen and oxygen atoms in total. The fraction of sp³-hybridized carbons (Fsp3) is 0.812. The van der Waals surface area contributed by atoms with Crippen molar-refractivity contribution in [2.24, 2.45) is 22.7 Å². The van der Waals surface area contributed by atoms with Gasteiger partial charge in [0.1, 0.15) is 5.76 Å². The van der Waals surface area contributed by atoms with E-state index in [0.717, 1.165) is 18.1 Å². The lowest BCUT2D eigenvalue weighted by Crippen LogP contribution is -2.35. The van der Waals surface area contributed by atoms with E-state index in [1.165, 1.54) is 26.2 Å². The highest BCUT2D eigenvalue weighted by Gasteiger charge is 2.60. The van der Waals surface area contributed by atoms with Crippen LogP contribution in [0.25, 0.3) is 0 Å². The van der Waals surface area contributed by atoms with Gasteiger partial charge in [-0.05, 0) is 61.3 Å². The molecule has 102 valence electrons. The zero-order valence-corrected chi connectivity index (χ0v) is 12.4. The second-order valence-corrected chi connectivity index (χ2v) is 7.13. The minimum Gasteiger partial charge on any atom is -0.432 e. The Kier molecular flexibility index (Phi) is 3.33. The summed E-state index contributed by atoms with van der Waals surface area (Å²) in [7, 11) is 0. The molecule has 2 saturated carbocycles. The predicted molar refractivity (Wildman–Crippen MR) is 72.9 cm³/mol. The first-order valence-corrected chi connectivity index (χ1v) is 7.11. The van der Waals surface area contributed by atoms with E-state index in [4.69, 9.17) is 4.74 Å². The van der Waals surface area contributed by atoms with Crippen molar-refractivity contribution in [1.29, 1.82) is 0 Å². The lowest BCUT2D eigenvalue weighted by atomic mass is 9.62. The smallest absolute Gasteiger partial charge is 0.307 e. The average Bonchev–Trinajstić information content (AvgIpc) is 2.86. The van der Waals surface area contributed by atoms with E-state index in [9.17, 15) is 4.79 Å².